The number of aromatic nitrogens is 1. The van der Waals surface area contributed by atoms with Crippen LogP contribution in [-0.2, 0) is 0 Å². The average molecular weight is 173 g/mol. The molecule has 0 spiro atoms. The van der Waals surface area contributed by atoms with Crippen molar-refractivity contribution in [1.29, 1.82) is 5.26 Å². The minimum Gasteiger partial charge on any atom is -0.258 e. The predicted molar refractivity (Wildman–Crippen MR) is 43.4 cm³/mol. The van der Waals surface area contributed by atoms with E-state index in [9.17, 15) is 10.1 Å². The summed E-state index contributed by atoms with van der Waals surface area (Å²) >= 11 is 0. The summed E-state index contributed by atoms with van der Waals surface area (Å²) in [4.78, 5) is 13.5. The Balaban J connectivity index is 3.22. The van der Waals surface area contributed by atoms with Crippen molar-refractivity contribution in [3.05, 3.63) is 34.1 Å². The van der Waals surface area contributed by atoms with E-state index in [-0.39, 0.29) is 11.4 Å². The van der Waals surface area contributed by atoms with Crippen molar-refractivity contribution in [2.45, 2.75) is 0 Å². The Hall–Kier alpha value is -2.40. The summed E-state index contributed by atoms with van der Waals surface area (Å²) in [6.45, 7) is 0. The van der Waals surface area contributed by atoms with Gasteiger partial charge in [-0.1, -0.05) is 0 Å². The SMILES string of the molecule is N#CC#Cc1ncccc1[N+](=O)[O-]. The average Bonchev–Trinajstić information content (AvgIpc) is 2.15. The van der Waals surface area contributed by atoms with E-state index in [2.05, 4.69) is 10.9 Å². The van der Waals surface area contributed by atoms with Gasteiger partial charge in [0.1, 0.15) is 0 Å². The Bertz CT molecular complexity index is 437. The fourth-order valence-corrected chi connectivity index (χ4v) is 0.728. The Labute approximate surface area is 73.8 Å². The van der Waals surface area contributed by atoms with Gasteiger partial charge in [-0.25, -0.2) is 4.98 Å². The summed E-state index contributed by atoms with van der Waals surface area (Å²) in [5.41, 5.74) is -0.181. The fourth-order valence-electron chi connectivity index (χ4n) is 0.728. The maximum absolute atomic E-state index is 10.4. The van der Waals surface area contributed by atoms with Gasteiger partial charge in [-0.05, 0) is 12.0 Å². The van der Waals surface area contributed by atoms with Gasteiger partial charge in [-0.2, -0.15) is 5.26 Å². The van der Waals surface area contributed by atoms with Gasteiger partial charge in [-0.15, -0.1) is 0 Å². The third kappa shape index (κ3) is 2.01. The van der Waals surface area contributed by atoms with Crippen molar-refractivity contribution in [3.8, 4) is 17.9 Å². The largest absolute Gasteiger partial charge is 0.303 e. The van der Waals surface area contributed by atoms with Crippen LogP contribution in [0.15, 0.2) is 18.3 Å². The van der Waals surface area contributed by atoms with Crippen molar-refractivity contribution in [1.82, 2.24) is 4.98 Å². The summed E-state index contributed by atoms with van der Waals surface area (Å²) < 4.78 is 0. The lowest BCUT2D eigenvalue weighted by Crippen LogP contribution is -1.93. The number of pyridine rings is 1. The van der Waals surface area contributed by atoms with Gasteiger partial charge >= 0.3 is 5.69 Å². The lowest BCUT2D eigenvalue weighted by molar-refractivity contribution is -0.385. The molecule has 0 bridgehead atoms. The maximum atomic E-state index is 10.4. The molecular weight excluding hydrogens is 170 g/mol. The topological polar surface area (TPSA) is 79.8 Å². The van der Waals surface area contributed by atoms with E-state index in [0.717, 1.165) is 0 Å². The highest BCUT2D eigenvalue weighted by molar-refractivity contribution is 5.47. The van der Waals surface area contributed by atoms with Crippen molar-refractivity contribution < 1.29 is 4.92 Å². The first-order valence-corrected chi connectivity index (χ1v) is 3.25. The van der Waals surface area contributed by atoms with E-state index < -0.39 is 4.92 Å². The molecule has 5 heteroatoms. The summed E-state index contributed by atoms with van der Waals surface area (Å²) in [5, 5.41) is 18.5. The van der Waals surface area contributed by atoms with E-state index in [0.29, 0.717) is 0 Å². The summed E-state index contributed by atoms with van der Waals surface area (Å²) in [7, 11) is 0. The van der Waals surface area contributed by atoms with Gasteiger partial charge in [0.15, 0.2) is 11.8 Å². The van der Waals surface area contributed by atoms with E-state index in [1.165, 1.54) is 18.3 Å². The second-order valence-corrected chi connectivity index (χ2v) is 1.99. The molecule has 0 aliphatic carbocycles. The van der Waals surface area contributed by atoms with Crippen LogP contribution in [0.25, 0.3) is 0 Å². The van der Waals surface area contributed by atoms with Crippen LogP contribution in [-0.4, -0.2) is 9.91 Å². The number of hydrogen-bond acceptors (Lipinski definition) is 4. The Kier molecular flexibility index (Phi) is 2.57. The normalized spacial score (nSPS) is 7.92. The summed E-state index contributed by atoms with van der Waals surface area (Å²) in [5.74, 6) is 4.33. The van der Waals surface area contributed by atoms with E-state index >= 15 is 0 Å². The van der Waals surface area contributed by atoms with Crippen molar-refractivity contribution >= 4 is 5.69 Å². The molecule has 0 radical (unpaired) electrons. The molecular formula is C8H3N3O2. The molecule has 1 aromatic rings. The standard InChI is InChI=1S/C8H3N3O2/c9-5-1-3-7-8(11(12)13)4-2-6-10-7/h2,4,6H. The van der Waals surface area contributed by atoms with Gasteiger partial charge in [0.25, 0.3) is 0 Å². The lowest BCUT2D eigenvalue weighted by atomic mass is 10.3. The van der Waals surface area contributed by atoms with Crippen molar-refractivity contribution in [2.24, 2.45) is 0 Å². The van der Waals surface area contributed by atoms with Crippen LogP contribution in [0.5, 0.6) is 0 Å². The fraction of sp³-hybridized carbons (Fsp3) is 0. The number of nitro groups is 1. The first kappa shape index (κ1) is 8.69. The second-order valence-electron chi connectivity index (χ2n) is 1.99. The molecule has 0 amide bonds. The minimum atomic E-state index is -0.589. The maximum Gasteiger partial charge on any atom is 0.303 e. The molecule has 0 atom stereocenters. The smallest absolute Gasteiger partial charge is 0.258 e. The molecule has 1 aromatic heterocycles. The second kappa shape index (κ2) is 3.84. The van der Waals surface area contributed by atoms with Crippen LogP contribution in [0, 0.1) is 33.3 Å². The van der Waals surface area contributed by atoms with E-state index in [1.807, 2.05) is 5.92 Å². The molecule has 0 saturated carbocycles. The summed E-state index contributed by atoms with van der Waals surface area (Å²) in [6.07, 6.45) is 1.38. The Morgan fingerprint density at radius 2 is 2.38 bits per heavy atom. The lowest BCUT2D eigenvalue weighted by Gasteiger charge is -1.91. The molecule has 0 aliphatic heterocycles. The van der Waals surface area contributed by atoms with E-state index in [1.54, 1.807) is 6.07 Å². The molecule has 0 unspecified atom stereocenters. The predicted octanol–water partition coefficient (Wildman–Crippen LogP) is 0.865. The zero-order valence-corrected chi connectivity index (χ0v) is 6.39. The van der Waals surface area contributed by atoms with Crippen LogP contribution in [0.4, 0.5) is 5.69 Å². The van der Waals surface area contributed by atoms with Crippen LogP contribution < -0.4 is 0 Å². The Morgan fingerprint density at radius 1 is 1.62 bits per heavy atom. The van der Waals surface area contributed by atoms with Gasteiger partial charge in [0.2, 0.25) is 0 Å². The molecule has 62 valence electrons. The molecule has 0 fully saturated rings. The number of nitrogens with zero attached hydrogens (tertiary/aromatic N) is 3. The van der Waals surface area contributed by atoms with Crippen molar-refractivity contribution in [2.75, 3.05) is 0 Å². The molecule has 1 heterocycles. The monoisotopic (exact) mass is 173 g/mol. The van der Waals surface area contributed by atoms with Crippen molar-refractivity contribution in [3.63, 3.8) is 0 Å². The Morgan fingerprint density at radius 3 is 3.00 bits per heavy atom. The van der Waals surface area contributed by atoms with Gasteiger partial charge in [0.05, 0.1) is 4.92 Å². The highest BCUT2D eigenvalue weighted by Gasteiger charge is 2.10. The highest BCUT2D eigenvalue weighted by atomic mass is 16.6. The van der Waals surface area contributed by atoms with Gasteiger partial charge < -0.3 is 0 Å². The molecule has 13 heavy (non-hydrogen) atoms. The minimum absolute atomic E-state index is 0.00838. The summed E-state index contributed by atoms with van der Waals surface area (Å²) in [6, 6.07) is 4.28. The zero-order chi connectivity index (χ0) is 9.68. The highest BCUT2D eigenvalue weighted by Crippen LogP contribution is 2.12. The molecule has 1 rings (SSSR count). The third-order valence-corrected chi connectivity index (χ3v) is 1.22. The van der Waals surface area contributed by atoms with Gasteiger partial charge in [0, 0.05) is 18.2 Å². The van der Waals surface area contributed by atoms with Crippen LogP contribution in [0.2, 0.25) is 0 Å². The first-order chi connectivity index (χ1) is 6.25. The molecule has 0 aliphatic rings. The quantitative estimate of drug-likeness (QED) is 0.358. The first-order valence-electron chi connectivity index (χ1n) is 3.25. The molecule has 0 N–H and O–H groups in total. The van der Waals surface area contributed by atoms with Crippen LogP contribution >= 0.6 is 0 Å². The molecule has 0 aromatic carbocycles. The molecule has 5 nitrogen and oxygen atoms in total. The van der Waals surface area contributed by atoms with E-state index in [4.69, 9.17) is 5.26 Å². The molecule has 0 saturated heterocycles. The third-order valence-electron chi connectivity index (χ3n) is 1.22. The number of hydrogen-bond donors (Lipinski definition) is 0. The number of rotatable bonds is 1. The zero-order valence-electron chi connectivity index (χ0n) is 6.39. The number of nitriles is 1. The van der Waals surface area contributed by atoms with Crippen LogP contribution in [0.3, 0.4) is 0 Å². The van der Waals surface area contributed by atoms with Crippen LogP contribution in [0.1, 0.15) is 5.69 Å². The van der Waals surface area contributed by atoms with Gasteiger partial charge in [-0.3, -0.25) is 10.1 Å².